The zero-order valence-electron chi connectivity index (χ0n) is 17.2. The molecule has 6 heteroatoms. The molecular weight excluding hydrogens is 380 g/mol. The van der Waals surface area contributed by atoms with E-state index >= 15 is 0 Å². The van der Waals surface area contributed by atoms with Crippen LogP contribution in [0.1, 0.15) is 30.9 Å². The average Bonchev–Trinajstić information content (AvgIpc) is 2.79. The third kappa shape index (κ3) is 4.51. The van der Waals surface area contributed by atoms with Crippen molar-refractivity contribution in [2.45, 2.75) is 32.3 Å². The van der Waals surface area contributed by atoms with E-state index in [9.17, 15) is 4.79 Å². The summed E-state index contributed by atoms with van der Waals surface area (Å²) in [6.45, 7) is 4.32. The first kappa shape index (κ1) is 20.1. The maximum atomic E-state index is 13.1. The van der Waals surface area contributed by atoms with Crippen molar-refractivity contribution in [3.8, 4) is 23.3 Å². The second kappa shape index (κ2) is 9.08. The molecule has 2 heterocycles. The summed E-state index contributed by atoms with van der Waals surface area (Å²) in [4.78, 5) is 15.0. The van der Waals surface area contributed by atoms with Gasteiger partial charge in [0.1, 0.15) is 30.0 Å². The summed E-state index contributed by atoms with van der Waals surface area (Å²) in [5.74, 6) is 2.34. The Kier molecular flexibility index (Phi) is 6.08. The molecule has 0 spiro atoms. The summed E-state index contributed by atoms with van der Waals surface area (Å²) in [6.07, 6.45) is 2.29. The first-order chi connectivity index (χ1) is 14.7. The molecule has 2 aliphatic heterocycles. The summed E-state index contributed by atoms with van der Waals surface area (Å²) in [5, 5.41) is 9.02. The van der Waals surface area contributed by atoms with Crippen molar-refractivity contribution in [2.24, 2.45) is 5.92 Å². The molecule has 156 valence electrons. The average molecular weight is 406 g/mol. The number of carbonyl (C=O) groups excluding carboxylic acids is 1. The second-order valence-corrected chi connectivity index (χ2v) is 7.70. The predicted octanol–water partition coefficient (Wildman–Crippen LogP) is 3.58. The van der Waals surface area contributed by atoms with Gasteiger partial charge in [0.25, 0.3) is 0 Å². The molecule has 0 aliphatic carbocycles. The van der Waals surface area contributed by atoms with E-state index in [0.29, 0.717) is 44.0 Å². The summed E-state index contributed by atoms with van der Waals surface area (Å²) < 4.78 is 17.5. The van der Waals surface area contributed by atoms with Crippen LogP contribution in [0.3, 0.4) is 0 Å². The van der Waals surface area contributed by atoms with Crippen LogP contribution >= 0.6 is 0 Å². The predicted molar refractivity (Wildman–Crippen MR) is 112 cm³/mol. The smallest absolute Gasteiger partial charge is 0.229 e. The maximum absolute atomic E-state index is 13.1. The van der Waals surface area contributed by atoms with Crippen LogP contribution in [0.2, 0.25) is 0 Å². The lowest BCUT2D eigenvalue weighted by atomic mass is 9.94. The van der Waals surface area contributed by atoms with E-state index < -0.39 is 0 Å². The van der Waals surface area contributed by atoms with Crippen LogP contribution in [0, 0.1) is 17.2 Å². The third-order valence-electron chi connectivity index (χ3n) is 5.62. The summed E-state index contributed by atoms with van der Waals surface area (Å²) in [5.41, 5.74) is 1.62. The van der Waals surface area contributed by atoms with E-state index in [1.165, 1.54) is 0 Å². The topological polar surface area (TPSA) is 71.8 Å². The van der Waals surface area contributed by atoms with Crippen LogP contribution < -0.4 is 14.2 Å². The van der Waals surface area contributed by atoms with E-state index in [1.54, 1.807) is 12.1 Å². The van der Waals surface area contributed by atoms with Gasteiger partial charge in [0, 0.05) is 25.9 Å². The molecule has 1 unspecified atom stereocenters. The zero-order valence-corrected chi connectivity index (χ0v) is 17.2. The Morgan fingerprint density at radius 2 is 2.03 bits per heavy atom. The molecule has 1 saturated heterocycles. The van der Waals surface area contributed by atoms with Gasteiger partial charge in [-0.3, -0.25) is 4.79 Å². The number of ether oxygens (including phenoxy) is 3. The largest absolute Gasteiger partial charge is 0.494 e. The van der Waals surface area contributed by atoms with Crippen LogP contribution in [0.5, 0.6) is 17.2 Å². The molecule has 1 fully saturated rings. The van der Waals surface area contributed by atoms with Gasteiger partial charge >= 0.3 is 0 Å². The Hall–Kier alpha value is -3.20. The van der Waals surface area contributed by atoms with Crippen molar-refractivity contribution >= 4 is 5.91 Å². The minimum absolute atomic E-state index is 0.0556. The van der Waals surface area contributed by atoms with Crippen molar-refractivity contribution in [1.82, 2.24) is 4.90 Å². The Morgan fingerprint density at radius 3 is 2.80 bits per heavy atom. The number of hydrogen-bond donors (Lipinski definition) is 0. The molecule has 0 saturated carbocycles. The minimum atomic E-state index is -0.167. The van der Waals surface area contributed by atoms with Crippen LogP contribution in [0.25, 0.3) is 0 Å². The fourth-order valence-electron chi connectivity index (χ4n) is 4.07. The Balaban J connectivity index is 1.32. The summed E-state index contributed by atoms with van der Waals surface area (Å²) in [6, 6.07) is 15.1. The Bertz CT molecular complexity index is 944. The number of nitriles is 1. The number of carbonyl (C=O) groups is 1. The van der Waals surface area contributed by atoms with Crippen LogP contribution in [0.4, 0.5) is 0 Å². The van der Waals surface area contributed by atoms with Gasteiger partial charge in [-0.25, -0.2) is 0 Å². The highest BCUT2D eigenvalue weighted by atomic mass is 16.5. The van der Waals surface area contributed by atoms with Gasteiger partial charge in [0.05, 0.1) is 24.2 Å². The van der Waals surface area contributed by atoms with E-state index in [1.807, 2.05) is 42.2 Å². The highest BCUT2D eigenvalue weighted by Crippen LogP contribution is 2.32. The number of amides is 1. The number of piperidine rings is 1. The first-order valence-corrected chi connectivity index (χ1v) is 10.5. The van der Waals surface area contributed by atoms with Gasteiger partial charge in [-0.15, -0.1) is 0 Å². The SMILES string of the molecule is CCOc1ccc2c(c1)CC(C(=O)N1CCC(Oc3cccc(C#N)c3)CC1)CO2. The maximum Gasteiger partial charge on any atom is 0.229 e. The molecule has 0 bridgehead atoms. The molecule has 2 aromatic rings. The van der Waals surface area contributed by atoms with Gasteiger partial charge in [0.2, 0.25) is 5.91 Å². The van der Waals surface area contributed by atoms with E-state index in [0.717, 1.165) is 29.9 Å². The van der Waals surface area contributed by atoms with Crippen molar-refractivity contribution in [1.29, 1.82) is 5.26 Å². The standard InChI is InChI=1S/C24H26N2O4/c1-2-28-21-6-7-23-18(14-21)13-19(16-29-23)24(27)26-10-8-20(9-11-26)30-22-5-3-4-17(12-22)15-25/h3-7,12,14,19-20H,2,8-11,13,16H2,1H3. The van der Waals surface area contributed by atoms with Crippen molar-refractivity contribution < 1.29 is 19.0 Å². The van der Waals surface area contributed by atoms with Crippen molar-refractivity contribution in [2.75, 3.05) is 26.3 Å². The lowest BCUT2D eigenvalue weighted by Gasteiger charge is -2.35. The van der Waals surface area contributed by atoms with E-state index in [-0.39, 0.29) is 17.9 Å². The lowest BCUT2D eigenvalue weighted by molar-refractivity contribution is -0.138. The number of benzene rings is 2. The van der Waals surface area contributed by atoms with Gasteiger partial charge < -0.3 is 19.1 Å². The monoisotopic (exact) mass is 406 g/mol. The van der Waals surface area contributed by atoms with Gasteiger partial charge in [-0.05, 0) is 55.3 Å². The highest BCUT2D eigenvalue weighted by Gasteiger charge is 2.32. The van der Waals surface area contributed by atoms with Crippen molar-refractivity contribution in [3.63, 3.8) is 0 Å². The molecule has 0 N–H and O–H groups in total. The van der Waals surface area contributed by atoms with Gasteiger partial charge in [-0.1, -0.05) is 6.07 Å². The summed E-state index contributed by atoms with van der Waals surface area (Å²) in [7, 11) is 0. The first-order valence-electron chi connectivity index (χ1n) is 10.5. The molecule has 0 aromatic heterocycles. The van der Waals surface area contributed by atoms with Crippen LogP contribution in [-0.4, -0.2) is 43.2 Å². The van der Waals surface area contributed by atoms with Gasteiger partial charge in [-0.2, -0.15) is 5.26 Å². The highest BCUT2D eigenvalue weighted by molar-refractivity contribution is 5.80. The van der Waals surface area contributed by atoms with Crippen LogP contribution in [0.15, 0.2) is 42.5 Å². The second-order valence-electron chi connectivity index (χ2n) is 7.70. The lowest BCUT2D eigenvalue weighted by Crippen LogP contribution is -2.46. The molecule has 1 amide bonds. The number of likely N-dealkylation sites (tertiary alicyclic amines) is 1. The fraction of sp³-hybridized carbons (Fsp3) is 0.417. The Morgan fingerprint density at radius 1 is 1.20 bits per heavy atom. The fourth-order valence-corrected chi connectivity index (χ4v) is 4.07. The molecule has 1 atom stereocenters. The molecule has 6 nitrogen and oxygen atoms in total. The third-order valence-corrected chi connectivity index (χ3v) is 5.62. The Labute approximate surface area is 177 Å². The molecular formula is C24H26N2O4. The zero-order chi connectivity index (χ0) is 20.9. The summed E-state index contributed by atoms with van der Waals surface area (Å²) >= 11 is 0. The molecule has 30 heavy (non-hydrogen) atoms. The number of nitrogens with zero attached hydrogens (tertiary/aromatic N) is 2. The molecule has 2 aliphatic rings. The van der Waals surface area contributed by atoms with E-state index in [2.05, 4.69) is 6.07 Å². The minimum Gasteiger partial charge on any atom is -0.494 e. The normalized spacial score (nSPS) is 18.7. The molecule has 2 aromatic carbocycles. The quantitative estimate of drug-likeness (QED) is 0.759. The van der Waals surface area contributed by atoms with E-state index in [4.69, 9.17) is 19.5 Å². The van der Waals surface area contributed by atoms with Crippen LogP contribution in [-0.2, 0) is 11.2 Å². The number of rotatable bonds is 5. The number of hydrogen-bond acceptors (Lipinski definition) is 5. The van der Waals surface area contributed by atoms with Crippen molar-refractivity contribution in [3.05, 3.63) is 53.6 Å². The molecule has 4 rings (SSSR count). The van der Waals surface area contributed by atoms with Gasteiger partial charge in [0.15, 0.2) is 0 Å². The number of fused-ring (bicyclic) bond motifs is 1. The molecule has 0 radical (unpaired) electrons.